The van der Waals surface area contributed by atoms with Crippen LogP contribution in [0.4, 0.5) is 9.59 Å². The van der Waals surface area contributed by atoms with E-state index in [1.165, 1.54) is 11.3 Å². The van der Waals surface area contributed by atoms with Gasteiger partial charge in [-0.3, -0.25) is 4.98 Å². The number of ether oxygens (including phenoxy) is 1. The van der Waals surface area contributed by atoms with Gasteiger partial charge in [-0.15, -0.1) is 11.3 Å². The van der Waals surface area contributed by atoms with Crippen LogP contribution in [0, 0.1) is 0 Å². The number of hydrogen-bond acceptors (Lipinski definition) is 6. The fourth-order valence-electron chi connectivity index (χ4n) is 4.33. The molecule has 1 heterocycles. The number of carbonyl (C=O) groups is 2. The van der Waals surface area contributed by atoms with Gasteiger partial charge in [0.2, 0.25) is 0 Å². The molecule has 0 unspecified atom stereocenters. The number of benzene rings is 2. The van der Waals surface area contributed by atoms with Crippen LogP contribution in [0.2, 0.25) is 0 Å². The van der Waals surface area contributed by atoms with Crippen LogP contribution in [0.5, 0.6) is 0 Å². The minimum atomic E-state index is -1.17. The highest BCUT2D eigenvalue weighted by atomic mass is 32.1. The standard InChI is InChI=1S/C28H35N3O5S/c1-28(2,3)36-27(35)31-25(23(16-22-17-29-18-37-22)20-12-8-5-9-13-20)24(32)15-21(30-26(33)34)14-19-10-6-4-7-11-19/h4-13,17-18,21,23-25,30,32H,14-16H2,1-3H3,(H,31,35)(H,33,34)/t21-,23-,24-,25-/m0/s1. The van der Waals surface area contributed by atoms with Gasteiger partial charge in [0.25, 0.3) is 0 Å². The lowest BCUT2D eigenvalue weighted by atomic mass is 9.83. The van der Waals surface area contributed by atoms with Crippen molar-refractivity contribution in [2.75, 3.05) is 0 Å². The minimum Gasteiger partial charge on any atom is -0.465 e. The molecular weight excluding hydrogens is 490 g/mol. The number of nitrogens with zero attached hydrogens (tertiary/aromatic N) is 1. The monoisotopic (exact) mass is 525 g/mol. The maximum atomic E-state index is 12.9. The number of carbonyl (C=O) groups excluding carboxylic acids is 1. The molecule has 0 spiro atoms. The number of carboxylic acid groups (broad SMARTS) is 1. The van der Waals surface area contributed by atoms with Crippen LogP contribution in [0.25, 0.3) is 0 Å². The van der Waals surface area contributed by atoms with Crippen molar-refractivity contribution in [1.82, 2.24) is 15.6 Å². The first-order valence-electron chi connectivity index (χ1n) is 12.2. The Kier molecular flexibility index (Phi) is 10.0. The lowest BCUT2D eigenvalue weighted by Gasteiger charge is -2.34. The van der Waals surface area contributed by atoms with Gasteiger partial charge in [0.05, 0.1) is 17.7 Å². The summed E-state index contributed by atoms with van der Waals surface area (Å²) in [6, 6.07) is 17.8. The maximum Gasteiger partial charge on any atom is 0.407 e. The van der Waals surface area contributed by atoms with E-state index in [1.807, 2.05) is 60.7 Å². The number of rotatable bonds is 11. The van der Waals surface area contributed by atoms with Crippen molar-refractivity contribution >= 4 is 23.5 Å². The summed E-state index contributed by atoms with van der Waals surface area (Å²) in [5.74, 6) is -0.314. The normalized spacial score (nSPS) is 14.7. The molecule has 1 aromatic heterocycles. The zero-order valence-corrected chi connectivity index (χ0v) is 22.2. The van der Waals surface area contributed by atoms with Crippen molar-refractivity contribution in [3.05, 3.63) is 88.4 Å². The van der Waals surface area contributed by atoms with Gasteiger partial charge in [0.1, 0.15) is 5.60 Å². The van der Waals surface area contributed by atoms with Crippen LogP contribution in [-0.4, -0.2) is 51.2 Å². The summed E-state index contributed by atoms with van der Waals surface area (Å²) >= 11 is 1.50. The molecule has 0 aliphatic heterocycles. The molecule has 3 rings (SSSR count). The van der Waals surface area contributed by atoms with Crippen molar-refractivity contribution in [1.29, 1.82) is 0 Å². The molecule has 0 fully saturated rings. The second-order valence-corrected chi connectivity index (χ2v) is 11.0. The molecule has 4 N–H and O–H groups in total. The van der Waals surface area contributed by atoms with Crippen LogP contribution in [-0.2, 0) is 17.6 Å². The third kappa shape index (κ3) is 9.51. The summed E-state index contributed by atoms with van der Waals surface area (Å²) in [4.78, 5) is 29.6. The van der Waals surface area contributed by atoms with E-state index in [0.29, 0.717) is 12.8 Å². The zero-order chi connectivity index (χ0) is 26.8. The Morgan fingerprint density at radius 1 is 1.00 bits per heavy atom. The van der Waals surface area contributed by atoms with Gasteiger partial charge in [-0.1, -0.05) is 60.7 Å². The van der Waals surface area contributed by atoms with Crippen LogP contribution in [0.1, 0.15) is 49.1 Å². The Morgan fingerprint density at radius 2 is 1.65 bits per heavy atom. The Morgan fingerprint density at radius 3 is 2.22 bits per heavy atom. The molecule has 0 saturated heterocycles. The predicted octanol–water partition coefficient (Wildman–Crippen LogP) is 4.99. The molecule has 3 aromatic rings. The first-order chi connectivity index (χ1) is 17.6. The second-order valence-electron chi connectivity index (χ2n) is 10.0. The van der Waals surface area contributed by atoms with Gasteiger partial charge in [0, 0.05) is 23.0 Å². The average molecular weight is 526 g/mol. The molecule has 0 aliphatic carbocycles. The predicted molar refractivity (Wildman–Crippen MR) is 144 cm³/mol. The zero-order valence-electron chi connectivity index (χ0n) is 21.3. The molecule has 8 nitrogen and oxygen atoms in total. The molecule has 2 aromatic carbocycles. The fourth-order valence-corrected chi connectivity index (χ4v) is 4.98. The number of alkyl carbamates (subject to hydrolysis) is 1. The Bertz CT molecular complexity index is 1100. The van der Waals surface area contributed by atoms with E-state index in [9.17, 15) is 19.8 Å². The summed E-state index contributed by atoms with van der Waals surface area (Å²) in [5.41, 5.74) is 2.90. The number of amides is 2. The quantitative estimate of drug-likeness (QED) is 0.280. The number of nitrogens with one attached hydrogen (secondary N) is 2. The highest BCUT2D eigenvalue weighted by molar-refractivity contribution is 7.09. The van der Waals surface area contributed by atoms with E-state index in [-0.39, 0.29) is 12.3 Å². The van der Waals surface area contributed by atoms with Gasteiger partial charge < -0.3 is 25.6 Å². The van der Waals surface area contributed by atoms with Crippen LogP contribution in [0.3, 0.4) is 0 Å². The molecule has 37 heavy (non-hydrogen) atoms. The Labute approximate surface area is 221 Å². The lowest BCUT2D eigenvalue weighted by Crippen LogP contribution is -2.51. The molecule has 4 atom stereocenters. The topological polar surface area (TPSA) is 121 Å². The number of hydrogen-bond donors (Lipinski definition) is 4. The van der Waals surface area contributed by atoms with Crippen molar-refractivity contribution in [2.45, 2.75) is 69.7 Å². The maximum absolute atomic E-state index is 12.9. The average Bonchev–Trinajstić information content (AvgIpc) is 3.34. The molecule has 0 radical (unpaired) electrons. The van der Waals surface area contributed by atoms with E-state index in [4.69, 9.17) is 4.74 Å². The smallest absolute Gasteiger partial charge is 0.407 e. The highest BCUT2D eigenvalue weighted by Crippen LogP contribution is 2.29. The van der Waals surface area contributed by atoms with Crippen LogP contribution in [0.15, 0.2) is 72.4 Å². The lowest BCUT2D eigenvalue weighted by molar-refractivity contribution is 0.0367. The number of aromatic nitrogens is 1. The number of aliphatic hydroxyl groups excluding tert-OH is 1. The summed E-state index contributed by atoms with van der Waals surface area (Å²) in [6.07, 6.45) is -0.0984. The summed E-state index contributed by atoms with van der Waals surface area (Å²) in [5, 5.41) is 26.5. The van der Waals surface area contributed by atoms with Crippen molar-refractivity contribution < 1.29 is 24.5 Å². The number of thiazole rings is 1. The van der Waals surface area contributed by atoms with Gasteiger partial charge in [-0.2, -0.15) is 0 Å². The minimum absolute atomic E-state index is 0.0910. The van der Waals surface area contributed by atoms with Gasteiger partial charge in [0.15, 0.2) is 0 Å². The van der Waals surface area contributed by atoms with Gasteiger partial charge >= 0.3 is 12.2 Å². The van der Waals surface area contributed by atoms with E-state index < -0.39 is 36.0 Å². The van der Waals surface area contributed by atoms with Crippen molar-refractivity contribution in [2.24, 2.45) is 0 Å². The van der Waals surface area contributed by atoms with E-state index in [1.54, 1.807) is 32.5 Å². The SMILES string of the molecule is CC(C)(C)OC(=O)N[C@H]([C@@H](O)C[C@H](Cc1ccccc1)NC(=O)O)[C@@H](Cc1cncs1)c1ccccc1. The fraction of sp³-hybridized carbons (Fsp3) is 0.393. The third-order valence-electron chi connectivity index (χ3n) is 5.84. The van der Waals surface area contributed by atoms with Gasteiger partial charge in [-0.25, -0.2) is 9.59 Å². The molecule has 198 valence electrons. The summed E-state index contributed by atoms with van der Waals surface area (Å²) in [6.45, 7) is 5.32. The van der Waals surface area contributed by atoms with E-state index in [0.717, 1.165) is 16.0 Å². The molecular formula is C28H35N3O5S. The molecule has 2 amide bonds. The van der Waals surface area contributed by atoms with Crippen molar-refractivity contribution in [3.8, 4) is 0 Å². The van der Waals surface area contributed by atoms with E-state index >= 15 is 0 Å². The first kappa shape index (κ1) is 28.1. The second kappa shape index (κ2) is 13.2. The number of aliphatic hydroxyl groups is 1. The first-order valence-corrected chi connectivity index (χ1v) is 13.1. The van der Waals surface area contributed by atoms with Crippen molar-refractivity contribution in [3.63, 3.8) is 0 Å². The third-order valence-corrected chi connectivity index (χ3v) is 6.64. The Hall–Kier alpha value is -3.43. The van der Waals surface area contributed by atoms with Crippen LogP contribution >= 0.6 is 11.3 Å². The Balaban J connectivity index is 1.92. The molecule has 9 heteroatoms. The highest BCUT2D eigenvalue weighted by Gasteiger charge is 2.34. The molecule has 0 bridgehead atoms. The largest absolute Gasteiger partial charge is 0.465 e. The van der Waals surface area contributed by atoms with Crippen LogP contribution < -0.4 is 10.6 Å². The summed E-state index contributed by atoms with van der Waals surface area (Å²) < 4.78 is 5.52. The molecule has 0 aliphatic rings. The van der Waals surface area contributed by atoms with E-state index in [2.05, 4.69) is 15.6 Å². The molecule has 0 saturated carbocycles. The van der Waals surface area contributed by atoms with Gasteiger partial charge in [-0.05, 0) is 51.2 Å². The summed E-state index contributed by atoms with van der Waals surface area (Å²) in [7, 11) is 0.